The van der Waals surface area contributed by atoms with Gasteiger partial charge in [0.1, 0.15) is 0 Å². The predicted molar refractivity (Wildman–Crippen MR) is 55.2 cm³/mol. The topological polar surface area (TPSA) is 75.1 Å². The smallest absolute Gasteiger partial charge is 0.290 e. The molecule has 76 valence electrons. The number of hydrogen-bond donors (Lipinski definition) is 1. The first-order valence-electron chi connectivity index (χ1n) is 3.79. The Hall–Kier alpha value is -0.360. The summed E-state index contributed by atoms with van der Waals surface area (Å²) in [5, 5.41) is 6.19. The zero-order chi connectivity index (χ0) is 10.5. The molecule has 0 heterocycles. The molecular formula is C7H13NO3S2. The van der Waals surface area contributed by atoms with Crippen LogP contribution in [0.1, 0.15) is 13.3 Å². The van der Waals surface area contributed by atoms with Gasteiger partial charge in [0.25, 0.3) is 5.12 Å². The van der Waals surface area contributed by atoms with Crippen molar-refractivity contribution in [3.8, 4) is 0 Å². The number of nitrogens with one attached hydrogen (secondary N) is 1. The van der Waals surface area contributed by atoms with Crippen molar-refractivity contribution in [2.45, 2.75) is 13.3 Å². The standard InChI is InChI=1S/C7H13NO3S2/c1-3-13(10,11)7(9)6(8)4-5-12-2/h8H,3-5H2,1-2H3. The molecule has 0 saturated carbocycles. The van der Waals surface area contributed by atoms with Crippen LogP contribution in [0.2, 0.25) is 0 Å². The quantitative estimate of drug-likeness (QED) is 0.697. The van der Waals surface area contributed by atoms with E-state index in [1.165, 1.54) is 18.7 Å². The lowest BCUT2D eigenvalue weighted by molar-refractivity contribution is -0.106. The second kappa shape index (κ2) is 5.39. The van der Waals surface area contributed by atoms with Gasteiger partial charge in [0.15, 0.2) is 0 Å². The van der Waals surface area contributed by atoms with Gasteiger partial charge >= 0.3 is 0 Å². The number of hydrogen-bond acceptors (Lipinski definition) is 5. The molecule has 0 aromatic carbocycles. The Morgan fingerprint density at radius 1 is 1.46 bits per heavy atom. The summed E-state index contributed by atoms with van der Waals surface area (Å²) in [6.07, 6.45) is 2.06. The number of sulfone groups is 1. The molecule has 0 saturated heterocycles. The molecule has 0 rings (SSSR count). The van der Waals surface area contributed by atoms with Crippen LogP contribution in [0.25, 0.3) is 0 Å². The first-order valence-corrected chi connectivity index (χ1v) is 6.83. The van der Waals surface area contributed by atoms with Gasteiger partial charge in [0, 0.05) is 6.42 Å². The minimum atomic E-state index is -3.70. The fourth-order valence-electron chi connectivity index (χ4n) is 0.625. The van der Waals surface area contributed by atoms with E-state index in [0.29, 0.717) is 5.75 Å². The summed E-state index contributed by atoms with van der Waals surface area (Å²) >= 11 is 1.48. The van der Waals surface area contributed by atoms with Crippen LogP contribution in [0.4, 0.5) is 0 Å². The molecule has 0 aliphatic rings. The van der Waals surface area contributed by atoms with Crippen molar-refractivity contribution in [1.82, 2.24) is 0 Å². The third-order valence-corrected chi connectivity index (χ3v) is 3.65. The van der Waals surface area contributed by atoms with Crippen molar-refractivity contribution in [3.63, 3.8) is 0 Å². The van der Waals surface area contributed by atoms with Crippen LogP contribution in [0.5, 0.6) is 0 Å². The summed E-state index contributed by atoms with van der Waals surface area (Å²) in [5.74, 6) is 0.372. The van der Waals surface area contributed by atoms with E-state index in [-0.39, 0.29) is 17.9 Å². The van der Waals surface area contributed by atoms with Crippen LogP contribution in [0, 0.1) is 5.41 Å². The lowest BCUT2D eigenvalue weighted by atomic mass is 10.3. The molecule has 0 spiro atoms. The maximum absolute atomic E-state index is 11.1. The predicted octanol–water partition coefficient (Wildman–Crippen LogP) is 0.721. The minimum absolute atomic E-state index is 0.221. The molecule has 0 radical (unpaired) electrons. The molecule has 0 unspecified atom stereocenters. The lowest BCUT2D eigenvalue weighted by Crippen LogP contribution is -2.25. The molecule has 0 amide bonds. The van der Waals surface area contributed by atoms with Gasteiger partial charge in [-0.25, -0.2) is 8.42 Å². The summed E-state index contributed by atoms with van der Waals surface area (Å²) in [5.41, 5.74) is -0.309. The molecule has 0 aliphatic carbocycles. The van der Waals surface area contributed by atoms with Gasteiger partial charge in [-0.3, -0.25) is 4.79 Å². The SMILES string of the molecule is CCS(=O)(=O)C(=O)C(=N)CCSC. The average Bonchev–Trinajstić information content (AvgIpc) is 2.12. The monoisotopic (exact) mass is 223 g/mol. The van der Waals surface area contributed by atoms with Crippen LogP contribution in [0.3, 0.4) is 0 Å². The van der Waals surface area contributed by atoms with E-state index in [9.17, 15) is 13.2 Å². The molecule has 6 heteroatoms. The molecule has 0 atom stereocenters. The maximum atomic E-state index is 11.1. The molecule has 0 fully saturated rings. The second-order valence-corrected chi connectivity index (χ2v) is 5.58. The lowest BCUT2D eigenvalue weighted by Gasteiger charge is -2.00. The van der Waals surface area contributed by atoms with Gasteiger partial charge < -0.3 is 5.41 Å². The highest BCUT2D eigenvalue weighted by atomic mass is 32.2. The molecule has 13 heavy (non-hydrogen) atoms. The van der Waals surface area contributed by atoms with E-state index in [1.807, 2.05) is 6.26 Å². The number of thioether (sulfide) groups is 1. The Bertz CT molecular complexity index is 295. The zero-order valence-corrected chi connectivity index (χ0v) is 9.30. The maximum Gasteiger partial charge on any atom is 0.290 e. The van der Waals surface area contributed by atoms with Crippen LogP contribution < -0.4 is 0 Å². The van der Waals surface area contributed by atoms with Crippen molar-refractivity contribution in [3.05, 3.63) is 0 Å². The van der Waals surface area contributed by atoms with Crippen molar-refractivity contribution < 1.29 is 13.2 Å². The summed E-state index contributed by atoms with van der Waals surface area (Å²) in [6.45, 7) is 1.40. The van der Waals surface area contributed by atoms with E-state index < -0.39 is 15.0 Å². The van der Waals surface area contributed by atoms with E-state index >= 15 is 0 Å². The van der Waals surface area contributed by atoms with Crippen LogP contribution in [-0.2, 0) is 14.6 Å². The molecular weight excluding hydrogens is 210 g/mol. The van der Waals surface area contributed by atoms with Crippen LogP contribution in [0.15, 0.2) is 0 Å². The fourth-order valence-corrected chi connectivity index (χ4v) is 1.77. The Morgan fingerprint density at radius 3 is 2.38 bits per heavy atom. The first kappa shape index (κ1) is 12.6. The molecule has 0 aromatic rings. The number of rotatable bonds is 5. The van der Waals surface area contributed by atoms with Crippen LogP contribution >= 0.6 is 11.8 Å². The van der Waals surface area contributed by atoms with Gasteiger partial charge in [-0.05, 0) is 12.0 Å². The third-order valence-electron chi connectivity index (χ3n) is 1.47. The van der Waals surface area contributed by atoms with Gasteiger partial charge in [0.05, 0.1) is 11.5 Å². The Balaban J connectivity index is 4.36. The summed E-state index contributed by atoms with van der Waals surface area (Å²) < 4.78 is 22.0. The van der Waals surface area contributed by atoms with Crippen molar-refractivity contribution in [2.75, 3.05) is 17.8 Å². The fraction of sp³-hybridized carbons (Fsp3) is 0.714. The van der Waals surface area contributed by atoms with Crippen molar-refractivity contribution >= 4 is 32.4 Å². The van der Waals surface area contributed by atoms with E-state index in [2.05, 4.69) is 0 Å². The molecule has 4 nitrogen and oxygen atoms in total. The Kier molecular flexibility index (Phi) is 5.24. The highest BCUT2D eigenvalue weighted by Gasteiger charge is 2.23. The van der Waals surface area contributed by atoms with Gasteiger partial charge in [0.2, 0.25) is 9.84 Å². The zero-order valence-electron chi connectivity index (χ0n) is 7.66. The molecule has 0 aromatic heterocycles. The van der Waals surface area contributed by atoms with Crippen molar-refractivity contribution in [1.29, 1.82) is 5.41 Å². The van der Waals surface area contributed by atoms with Crippen LogP contribution in [-0.4, -0.2) is 37.0 Å². The molecule has 0 aliphatic heterocycles. The highest BCUT2D eigenvalue weighted by molar-refractivity contribution is 8.08. The normalized spacial score (nSPS) is 11.2. The summed E-state index contributed by atoms with van der Waals surface area (Å²) in [4.78, 5) is 11.1. The van der Waals surface area contributed by atoms with Gasteiger partial charge in [-0.2, -0.15) is 11.8 Å². The van der Waals surface area contributed by atoms with E-state index in [1.54, 1.807) is 0 Å². The first-order chi connectivity index (χ1) is 5.95. The molecule has 0 bridgehead atoms. The highest BCUT2D eigenvalue weighted by Crippen LogP contribution is 2.01. The number of carbonyl (C=O) groups is 1. The number of carbonyl (C=O) groups excluding carboxylic acids is 1. The average molecular weight is 223 g/mol. The largest absolute Gasteiger partial charge is 0.300 e. The van der Waals surface area contributed by atoms with Crippen molar-refractivity contribution in [2.24, 2.45) is 0 Å². The Labute approximate surface area is 82.5 Å². The molecule has 1 N–H and O–H groups in total. The van der Waals surface area contributed by atoms with E-state index in [4.69, 9.17) is 5.41 Å². The summed E-state index contributed by atoms with van der Waals surface area (Å²) in [7, 11) is -3.70. The minimum Gasteiger partial charge on any atom is -0.300 e. The second-order valence-electron chi connectivity index (χ2n) is 2.41. The Morgan fingerprint density at radius 2 is 2.00 bits per heavy atom. The van der Waals surface area contributed by atoms with Gasteiger partial charge in [-0.15, -0.1) is 0 Å². The summed E-state index contributed by atoms with van der Waals surface area (Å²) in [6, 6.07) is 0. The van der Waals surface area contributed by atoms with E-state index in [0.717, 1.165) is 0 Å². The third kappa shape index (κ3) is 3.91. The van der Waals surface area contributed by atoms with Gasteiger partial charge in [-0.1, -0.05) is 6.92 Å².